The van der Waals surface area contributed by atoms with Crippen LogP contribution in [0.15, 0.2) is 18.3 Å². The summed E-state index contributed by atoms with van der Waals surface area (Å²) < 4.78 is 126. The molecule has 2 aromatic rings. The van der Waals surface area contributed by atoms with Crippen molar-refractivity contribution in [3.8, 4) is 5.75 Å². The zero-order chi connectivity index (χ0) is 29.1. The fourth-order valence-corrected chi connectivity index (χ4v) is 6.26. The lowest BCUT2D eigenvalue weighted by Crippen LogP contribution is -2.41. The van der Waals surface area contributed by atoms with Crippen LogP contribution in [0.25, 0.3) is 0 Å². The predicted molar refractivity (Wildman–Crippen MR) is 124 cm³/mol. The fraction of sp³-hybridized carbons (Fsp3) is 0.500. The predicted octanol–water partition coefficient (Wildman–Crippen LogP) is 4.06. The first kappa shape index (κ1) is 29.7. The van der Waals surface area contributed by atoms with Crippen molar-refractivity contribution in [1.29, 1.82) is 0 Å². The van der Waals surface area contributed by atoms with Crippen molar-refractivity contribution in [3.63, 3.8) is 0 Å². The number of halogens is 8. The standard InChI is InChI=1S/C20H17Cl2F6N3O6S2/c21-15-7-13(37-39(35,36)20(26,27)28)8-16(22)14(15)6-10-3-4-30(18(10)32)12-1-2-17-11(5-12)9-31(29-17)38(33,34)19(23,24)25/h7-10,12H,1-6H2/t10-,12-/m0/s1. The molecule has 0 saturated carbocycles. The topological polar surface area (TPSA) is 116 Å². The molecule has 4 rings (SSSR count). The summed E-state index contributed by atoms with van der Waals surface area (Å²) in [5.74, 6) is -1.75. The molecular formula is C20H17Cl2F6N3O6S2. The molecule has 1 aromatic heterocycles. The van der Waals surface area contributed by atoms with Gasteiger partial charge in [0, 0.05) is 46.9 Å². The highest BCUT2D eigenvalue weighted by molar-refractivity contribution is 7.90. The van der Waals surface area contributed by atoms with Gasteiger partial charge >= 0.3 is 31.2 Å². The third-order valence-corrected chi connectivity index (χ3v) is 9.33. The molecule has 9 nitrogen and oxygen atoms in total. The maximum atomic E-state index is 13.1. The number of hydrogen-bond acceptors (Lipinski definition) is 7. The van der Waals surface area contributed by atoms with Crippen LogP contribution in [-0.4, -0.2) is 60.4 Å². The Morgan fingerprint density at radius 2 is 1.62 bits per heavy atom. The van der Waals surface area contributed by atoms with Crippen molar-refractivity contribution in [3.05, 3.63) is 45.2 Å². The Morgan fingerprint density at radius 3 is 2.18 bits per heavy atom. The van der Waals surface area contributed by atoms with Gasteiger partial charge in [0.15, 0.2) is 0 Å². The van der Waals surface area contributed by atoms with Crippen molar-refractivity contribution < 1.29 is 52.2 Å². The SMILES string of the molecule is O=C1[C@H](Cc2c(Cl)cc(OS(=O)(=O)C(F)(F)F)cc2Cl)CCN1[C@H]1CCc2nn(S(=O)(=O)C(F)(F)F)cc2C1. The number of likely N-dealkylation sites (tertiary alicyclic amines) is 1. The largest absolute Gasteiger partial charge is 0.534 e. The van der Waals surface area contributed by atoms with Gasteiger partial charge in [-0.2, -0.15) is 52.4 Å². The zero-order valence-electron chi connectivity index (χ0n) is 19.3. The number of aromatic nitrogens is 2. The summed E-state index contributed by atoms with van der Waals surface area (Å²) in [6, 6.07) is 1.23. The van der Waals surface area contributed by atoms with E-state index >= 15 is 0 Å². The number of benzene rings is 1. The molecule has 2 aliphatic rings. The van der Waals surface area contributed by atoms with E-state index in [2.05, 4.69) is 9.28 Å². The normalized spacial score (nSPS) is 20.8. The van der Waals surface area contributed by atoms with Gasteiger partial charge in [0.05, 0.1) is 5.69 Å². The molecule has 2 heterocycles. The molecule has 2 atom stereocenters. The maximum Gasteiger partial charge on any atom is 0.534 e. The first-order valence-electron chi connectivity index (χ1n) is 11.0. The van der Waals surface area contributed by atoms with E-state index in [0.29, 0.717) is 12.8 Å². The van der Waals surface area contributed by atoms with Crippen molar-refractivity contribution in [2.75, 3.05) is 6.54 Å². The lowest BCUT2D eigenvalue weighted by atomic mass is 9.92. The van der Waals surface area contributed by atoms with Gasteiger partial charge in [-0.15, -0.1) is 0 Å². The Morgan fingerprint density at radius 1 is 1.00 bits per heavy atom. The van der Waals surface area contributed by atoms with Crippen molar-refractivity contribution in [2.45, 2.75) is 49.2 Å². The van der Waals surface area contributed by atoms with Gasteiger partial charge in [-0.25, -0.2) is 0 Å². The molecule has 1 aromatic carbocycles. The summed E-state index contributed by atoms with van der Waals surface area (Å²) in [4.78, 5) is 14.7. The highest BCUT2D eigenvalue weighted by Gasteiger charge is 2.49. The molecule has 1 aliphatic carbocycles. The van der Waals surface area contributed by atoms with Crippen LogP contribution in [0.5, 0.6) is 5.75 Å². The Balaban J connectivity index is 1.46. The van der Waals surface area contributed by atoms with Crippen LogP contribution in [-0.2, 0) is 44.2 Å². The summed E-state index contributed by atoms with van der Waals surface area (Å²) in [6.07, 6.45) is 1.66. The van der Waals surface area contributed by atoms with Crippen LogP contribution in [0.4, 0.5) is 26.3 Å². The molecule has 1 aliphatic heterocycles. The Labute approximate surface area is 227 Å². The Hall–Kier alpha value is -2.24. The van der Waals surface area contributed by atoms with E-state index in [-0.39, 0.29) is 62.7 Å². The highest BCUT2D eigenvalue weighted by Crippen LogP contribution is 2.37. The molecule has 19 heteroatoms. The molecule has 1 amide bonds. The first-order valence-corrected chi connectivity index (χ1v) is 14.6. The third-order valence-electron chi connectivity index (χ3n) is 6.41. The number of alkyl halides is 6. The fourth-order valence-electron chi connectivity index (χ4n) is 4.51. The molecule has 0 radical (unpaired) electrons. The molecule has 1 fully saturated rings. The van der Waals surface area contributed by atoms with Crippen LogP contribution in [0.2, 0.25) is 10.0 Å². The van der Waals surface area contributed by atoms with Crippen molar-refractivity contribution in [2.24, 2.45) is 5.92 Å². The van der Waals surface area contributed by atoms with E-state index in [1.54, 1.807) is 0 Å². The minimum atomic E-state index is -5.96. The van der Waals surface area contributed by atoms with E-state index in [0.717, 1.165) is 18.3 Å². The minimum Gasteiger partial charge on any atom is -0.376 e. The summed E-state index contributed by atoms with van der Waals surface area (Å²) in [5, 5.41) is 3.13. The molecule has 0 spiro atoms. The monoisotopic (exact) mass is 643 g/mol. The minimum absolute atomic E-state index is 0.0287. The molecule has 0 N–H and O–H groups in total. The molecule has 0 bridgehead atoms. The second-order valence-corrected chi connectivity index (χ2v) is 13.0. The van der Waals surface area contributed by atoms with Gasteiger partial charge in [0.2, 0.25) is 5.91 Å². The quantitative estimate of drug-likeness (QED) is 0.265. The summed E-state index contributed by atoms with van der Waals surface area (Å²) in [6.45, 7) is 0.277. The first-order chi connectivity index (χ1) is 17.8. The maximum absolute atomic E-state index is 13.1. The zero-order valence-corrected chi connectivity index (χ0v) is 22.4. The highest BCUT2D eigenvalue weighted by atomic mass is 35.5. The number of rotatable bonds is 6. The van der Waals surface area contributed by atoms with E-state index in [9.17, 15) is 48.0 Å². The Kier molecular flexibility index (Phi) is 7.62. The molecule has 1 saturated heterocycles. The van der Waals surface area contributed by atoms with Gasteiger partial charge < -0.3 is 9.08 Å². The van der Waals surface area contributed by atoms with Crippen molar-refractivity contribution in [1.82, 2.24) is 14.1 Å². The molecule has 39 heavy (non-hydrogen) atoms. The van der Waals surface area contributed by atoms with E-state index in [1.165, 1.54) is 4.90 Å². The van der Waals surface area contributed by atoms with Gasteiger partial charge in [-0.1, -0.05) is 23.2 Å². The smallest absolute Gasteiger partial charge is 0.376 e. The number of carbonyl (C=O) groups is 1. The van der Waals surface area contributed by atoms with Gasteiger partial charge in [0.25, 0.3) is 0 Å². The third kappa shape index (κ3) is 5.67. The van der Waals surface area contributed by atoms with Crippen LogP contribution in [0.3, 0.4) is 0 Å². The van der Waals surface area contributed by atoms with E-state index < -0.39 is 48.9 Å². The van der Waals surface area contributed by atoms with Gasteiger partial charge in [-0.05, 0) is 43.2 Å². The van der Waals surface area contributed by atoms with E-state index in [4.69, 9.17) is 23.2 Å². The lowest BCUT2D eigenvalue weighted by molar-refractivity contribution is -0.133. The van der Waals surface area contributed by atoms with Crippen LogP contribution in [0, 0.1) is 5.92 Å². The van der Waals surface area contributed by atoms with E-state index in [1.807, 2.05) is 0 Å². The van der Waals surface area contributed by atoms with Gasteiger partial charge in [0.1, 0.15) is 5.75 Å². The molecular weight excluding hydrogens is 627 g/mol. The van der Waals surface area contributed by atoms with Crippen molar-refractivity contribution >= 4 is 49.3 Å². The average Bonchev–Trinajstić information content (AvgIpc) is 3.37. The van der Waals surface area contributed by atoms with Crippen LogP contribution < -0.4 is 4.18 Å². The number of hydrogen-bond donors (Lipinski definition) is 0. The second-order valence-electron chi connectivity index (χ2n) is 8.89. The summed E-state index contributed by atoms with van der Waals surface area (Å²) in [5.41, 5.74) is -10.6. The second kappa shape index (κ2) is 9.99. The molecule has 0 unspecified atom stereocenters. The Bertz CT molecular complexity index is 1500. The number of aryl methyl sites for hydroxylation is 1. The average molecular weight is 644 g/mol. The summed E-state index contributed by atoms with van der Waals surface area (Å²) in [7, 11) is -11.6. The molecule has 216 valence electrons. The number of carbonyl (C=O) groups excluding carboxylic acids is 1. The lowest BCUT2D eigenvalue weighted by Gasteiger charge is -2.31. The number of nitrogens with zero attached hydrogens (tertiary/aromatic N) is 3. The van der Waals surface area contributed by atoms with Gasteiger partial charge in [-0.3, -0.25) is 4.79 Å². The summed E-state index contributed by atoms with van der Waals surface area (Å²) >= 11 is 12.2. The van der Waals surface area contributed by atoms with Crippen LogP contribution >= 0.6 is 23.2 Å². The van der Waals surface area contributed by atoms with Crippen LogP contribution in [0.1, 0.15) is 29.7 Å². The number of amides is 1. The number of fused-ring (bicyclic) bond motifs is 1.